The van der Waals surface area contributed by atoms with Gasteiger partial charge >= 0.3 is 0 Å². The molecule has 0 saturated heterocycles. The summed E-state index contributed by atoms with van der Waals surface area (Å²) in [6.07, 6.45) is 1.66. The van der Waals surface area contributed by atoms with Crippen LogP contribution in [0, 0.1) is 0 Å². The number of hydrazone groups is 1. The highest BCUT2D eigenvalue weighted by Gasteiger charge is 2.08. The predicted octanol–water partition coefficient (Wildman–Crippen LogP) is 4.49. The van der Waals surface area contributed by atoms with Crippen molar-refractivity contribution in [3.8, 4) is 5.75 Å². The van der Waals surface area contributed by atoms with E-state index in [1.54, 1.807) is 6.21 Å². The lowest BCUT2D eigenvalue weighted by molar-refractivity contribution is -0.123. The maximum absolute atomic E-state index is 12.0. The van der Waals surface area contributed by atoms with Gasteiger partial charge in [0.25, 0.3) is 5.91 Å². The van der Waals surface area contributed by atoms with Crippen molar-refractivity contribution in [3.63, 3.8) is 0 Å². The number of hydrogen-bond acceptors (Lipinski definition) is 3. The van der Waals surface area contributed by atoms with Crippen molar-refractivity contribution in [2.45, 2.75) is 19.8 Å². The molecular formula is C22H22N2O2. The molecule has 3 aromatic rings. The molecule has 0 radical (unpaired) electrons. The highest BCUT2D eigenvalue weighted by Crippen LogP contribution is 2.25. The fraction of sp³-hybridized carbons (Fsp3) is 0.182. The second kappa shape index (κ2) is 8.30. The van der Waals surface area contributed by atoms with Gasteiger partial charge < -0.3 is 4.74 Å². The molecule has 3 aromatic carbocycles. The standard InChI is InChI=1S/C22H22N2O2/c1-16(2)19-11-5-6-13-21(19)26-15-22(25)24-23-14-18-10-7-9-17-8-3-4-12-20(17)18/h3-14,16H,15H2,1-2H3,(H,24,25)/b23-14+. The van der Waals surface area contributed by atoms with Gasteiger partial charge in [-0.25, -0.2) is 5.43 Å². The first kappa shape index (κ1) is 17.7. The Morgan fingerprint density at radius 3 is 2.62 bits per heavy atom. The molecule has 0 aliphatic rings. The molecule has 0 spiro atoms. The Bertz CT molecular complexity index is 927. The molecule has 0 bridgehead atoms. The summed E-state index contributed by atoms with van der Waals surface area (Å²) in [6, 6.07) is 21.8. The van der Waals surface area contributed by atoms with Crippen LogP contribution >= 0.6 is 0 Å². The maximum atomic E-state index is 12.0. The van der Waals surface area contributed by atoms with E-state index in [2.05, 4.69) is 24.4 Å². The van der Waals surface area contributed by atoms with E-state index in [-0.39, 0.29) is 12.5 Å². The van der Waals surface area contributed by atoms with Gasteiger partial charge in [-0.05, 0) is 28.3 Å². The van der Waals surface area contributed by atoms with Gasteiger partial charge in [0.05, 0.1) is 6.21 Å². The molecule has 0 aromatic heterocycles. The van der Waals surface area contributed by atoms with E-state index in [0.717, 1.165) is 27.6 Å². The number of fused-ring (bicyclic) bond motifs is 1. The molecule has 0 unspecified atom stereocenters. The highest BCUT2D eigenvalue weighted by molar-refractivity contribution is 5.99. The fourth-order valence-electron chi connectivity index (χ4n) is 2.80. The Labute approximate surface area is 153 Å². The summed E-state index contributed by atoms with van der Waals surface area (Å²) in [6.45, 7) is 4.12. The van der Waals surface area contributed by atoms with E-state index in [1.807, 2.05) is 66.7 Å². The average Bonchev–Trinajstić information content (AvgIpc) is 2.66. The van der Waals surface area contributed by atoms with Crippen LogP contribution in [0.15, 0.2) is 71.8 Å². The number of hydrogen-bond donors (Lipinski definition) is 1. The molecule has 0 saturated carbocycles. The predicted molar refractivity (Wildman–Crippen MR) is 106 cm³/mol. The summed E-state index contributed by atoms with van der Waals surface area (Å²) in [7, 11) is 0. The Hall–Kier alpha value is -3.14. The van der Waals surface area contributed by atoms with E-state index >= 15 is 0 Å². The molecule has 0 heterocycles. The van der Waals surface area contributed by atoms with Crippen molar-refractivity contribution in [2.75, 3.05) is 6.61 Å². The number of carbonyl (C=O) groups excluding carboxylic acids is 1. The van der Waals surface area contributed by atoms with Crippen molar-refractivity contribution in [3.05, 3.63) is 77.9 Å². The second-order valence-electron chi connectivity index (χ2n) is 6.34. The van der Waals surface area contributed by atoms with Crippen LogP contribution in [0.2, 0.25) is 0 Å². The van der Waals surface area contributed by atoms with Crippen molar-refractivity contribution in [1.82, 2.24) is 5.43 Å². The number of benzene rings is 3. The summed E-state index contributed by atoms with van der Waals surface area (Å²) < 4.78 is 5.65. The van der Waals surface area contributed by atoms with Crippen LogP contribution in [0.5, 0.6) is 5.75 Å². The first-order valence-electron chi connectivity index (χ1n) is 8.66. The second-order valence-corrected chi connectivity index (χ2v) is 6.34. The molecule has 4 nitrogen and oxygen atoms in total. The lowest BCUT2D eigenvalue weighted by Crippen LogP contribution is -2.24. The normalized spacial score (nSPS) is 11.2. The van der Waals surface area contributed by atoms with Crippen LogP contribution < -0.4 is 10.2 Å². The third-order valence-electron chi connectivity index (χ3n) is 4.12. The van der Waals surface area contributed by atoms with Gasteiger partial charge in [-0.3, -0.25) is 4.79 Å². The zero-order chi connectivity index (χ0) is 18.4. The van der Waals surface area contributed by atoms with Gasteiger partial charge in [-0.15, -0.1) is 0 Å². The Balaban J connectivity index is 1.60. The number of para-hydroxylation sites is 1. The van der Waals surface area contributed by atoms with Crippen LogP contribution in [0.1, 0.15) is 30.9 Å². The molecule has 1 amide bonds. The van der Waals surface area contributed by atoms with E-state index in [4.69, 9.17) is 4.74 Å². The van der Waals surface area contributed by atoms with Crippen LogP contribution in [-0.4, -0.2) is 18.7 Å². The van der Waals surface area contributed by atoms with Gasteiger partial charge in [0.2, 0.25) is 0 Å². The van der Waals surface area contributed by atoms with E-state index in [9.17, 15) is 4.79 Å². The first-order valence-corrected chi connectivity index (χ1v) is 8.66. The molecule has 1 N–H and O–H groups in total. The monoisotopic (exact) mass is 346 g/mol. The SMILES string of the molecule is CC(C)c1ccccc1OCC(=O)N/N=C/c1cccc2ccccc12. The molecule has 0 aliphatic heterocycles. The zero-order valence-electron chi connectivity index (χ0n) is 15.0. The van der Waals surface area contributed by atoms with Gasteiger partial charge in [0.1, 0.15) is 5.75 Å². The summed E-state index contributed by atoms with van der Waals surface area (Å²) in [5.41, 5.74) is 4.56. The van der Waals surface area contributed by atoms with Crippen molar-refractivity contribution >= 4 is 22.9 Å². The summed E-state index contributed by atoms with van der Waals surface area (Å²) >= 11 is 0. The van der Waals surface area contributed by atoms with Gasteiger partial charge in [-0.1, -0.05) is 74.5 Å². The fourth-order valence-corrected chi connectivity index (χ4v) is 2.80. The van der Waals surface area contributed by atoms with Crippen LogP contribution in [0.3, 0.4) is 0 Å². The lowest BCUT2D eigenvalue weighted by Gasteiger charge is -2.13. The van der Waals surface area contributed by atoms with Crippen molar-refractivity contribution in [1.29, 1.82) is 0 Å². The smallest absolute Gasteiger partial charge is 0.277 e. The van der Waals surface area contributed by atoms with Crippen LogP contribution in [-0.2, 0) is 4.79 Å². The molecule has 0 fully saturated rings. The Morgan fingerprint density at radius 2 is 1.77 bits per heavy atom. The van der Waals surface area contributed by atoms with Crippen molar-refractivity contribution in [2.24, 2.45) is 5.10 Å². The Kier molecular flexibility index (Phi) is 5.64. The molecule has 132 valence electrons. The quantitative estimate of drug-likeness (QED) is 0.528. The number of amides is 1. The summed E-state index contributed by atoms with van der Waals surface area (Å²) in [4.78, 5) is 12.0. The van der Waals surface area contributed by atoms with E-state index < -0.39 is 0 Å². The lowest BCUT2D eigenvalue weighted by atomic mass is 10.0. The minimum atomic E-state index is -0.292. The number of ether oxygens (including phenoxy) is 1. The molecule has 26 heavy (non-hydrogen) atoms. The first-order chi connectivity index (χ1) is 12.6. The zero-order valence-corrected chi connectivity index (χ0v) is 15.0. The minimum absolute atomic E-state index is 0.0728. The summed E-state index contributed by atoms with van der Waals surface area (Å²) in [5.74, 6) is 0.773. The molecular weight excluding hydrogens is 324 g/mol. The highest BCUT2D eigenvalue weighted by atomic mass is 16.5. The van der Waals surface area contributed by atoms with Gasteiger partial charge in [0.15, 0.2) is 6.61 Å². The topological polar surface area (TPSA) is 50.7 Å². The number of nitrogens with zero attached hydrogens (tertiary/aromatic N) is 1. The van der Waals surface area contributed by atoms with E-state index in [1.165, 1.54) is 0 Å². The molecule has 4 heteroatoms. The molecule has 0 atom stereocenters. The third-order valence-corrected chi connectivity index (χ3v) is 4.12. The van der Waals surface area contributed by atoms with Crippen LogP contribution in [0.25, 0.3) is 10.8 Å². The van der Waals surface area contributed by atoms with Gasteiger partial charge in [0, 0.05) is 5.56 Å². The number of nitrogens with one attached hydrogen (secondary N) is 1. The minimum Gasteiger partial charge on any atom is -0.483 e. The number of carbonyl (C=O) groups is 1. The summed E-state index contributed by atoms with van der Waals surface area (Å²) in [5, 5.41) is 6.29. The Morgan fingerprint density at radius 1 is 1.04 bits per heavy atom. The number of rotatable bonds is 6. The largest absolute Gasteiger partial charge is 0.483 e. The van der Waals surface area contributed by atoms with Gasteiger partial charge in [-0.2, -0.15) is 5.10 Å². The molecule has 3 rings (SSSR count). The van der Waals surface area contributed by atoms with E-state index in [0.29, 0.717) is 5.92 Å². The van der Waals surface area contributed by atoms with Crippen molar-refractivity contribution < 1.29 is 9.53 Å². The van der Waals surface area contributed by atoms with Crippen LogP contribution in [0.4, 0.5) is 0 Å². The third kappa shape index (κ3) is 4.28. The average molecular weight is 346 g/mol. The molecule has 0 aliphatic carbocycles. The maximum Gasteiger partial charge on any atom is 0.277 e.